The molecule has 0 radical (unpaired) electrons. The second-order valence-electron chi connectivity index (χ2n) is 3.34. The summed E-state index contributed by atoms with van der Waals surface area (Å²) in [5.41, 5.74) is 2.09. The Morgan fingerprint density at radius 2 is 1.79 bits per heavy atom. The van der Waals surface area contributed by atoms with Crippen LogP contribution in [0.1, 0.15) is 25.0 Å². The molecule has 74 valence electrons. The third-order valence-corrected chi connectivity index (χ3v) is 2.28. The van der Waals surface area contributed by atoms with Crippen LogP contribution in [0.2, 0.25) is 0 Å². The van der Waals surface area contributed by atoms with Crippen LogP contribution < -0.4 is 0 Å². The van der Waals surface area contributed by atoms with Gasteiger partial charge < -0.3 is 5.11 Å². The molecule has 0 aliphatic carbocycles. The van der Waals surface area contributed by atoms with Gasteiger partial charge in [0.2, 0.25) is 0 Å². The highest BCUT2D eigenvalue weighted by molar-refractivity contribution is 5.99. The van der Waals surface area contributed by atoms with Gasteiger partial charge in [-0.2, -0.15) is 0 Å². The van der Waals surface area contributed by atoms with Gasteiger partial charge in [0, 0.05) is 11.1 Å². The van der Waals surface area contributed by atoms with Crippen molar-refractivity contribution in [1.29, 1.82) is 0 Å². The Bertz CT molecular complexity index is 389. The standard InChI is InChI=1S/C12H14O2/c1-8-6-4-5-7-11(8)12(14)9(2)10(3)13/h4-7,14H,1-3H3/b12-9-. The molecule has 0 aromatic heterocycles. The number of rotatable bonds is 2. The Hall–Kier alpha value is -1.57. The summed E-state index contributed by atoms with van der Waals surface area (Å²) < 4.78 is 0. The van der Waals surface area contributed by atoms with E-state index in [9.17, 15) is 9.90 Å². The third-order valence-electron chi connectivity index (χ3n) is 2.28. The summed E-state index contributed by atoms with van der Waals surface area (Å²) in [5, 5.41) is 9.80. The number of aliphatic hydroxyl groups is 1. The maximum absolute atomic E-state index is 11.1. The molecule has 14 heavy (non-hydrogen) atoms. The molecule has 1 N–H and O–H groups in total. The third kappa shape index (κ3) is 2.02. The number of carbonyl (C=O) groups is 1. The SMILES string of the molecule is CC(=O)/C(C)=C(\O)c1ccccc1C. The predicted molar refractivity (Wildman–Crippen MR) is 57.1 cm³/mol. The first-order valence-corrected chi connectivity index (χ1v) is 4.51. The second-order valence-corrected chi connectivity index (χ2v) is 3.34. The molecule has 1 rings (SSSR count). The van der Waals surface area contributed by atoms with Crippen LogP contribution in [0.25, 0.3) is 5.76 Å². The van der Waals surface area contributed by atoms with Crippen LogP contribution in [0.3, 0.4) is 0 Å². The number of carbonyl (C=O) groups excluding carboxylic acids is 1. The molecule has 2 nitrogen and oxygen atoms in total. The Balaban J connectivity index is 3.25. The lowest BCUT2D eigenvalue weighted by Crippen LogP contribution is -1.98. The summed E-state index contributed by atoms with van der Waals surface area (Å²) in [6.07, 6.45) is 0. The smallest absolute Gasteiger partial charge is 0.159 e. The molecule has 0 saturated heterocycles. The van der Waals surface area contributed by atoms with Gasteiger partial charge in [-0.1, -0.05) is 24.3 Å². The predicted octanol–water partition coefficient (Wildman–Crippen LogP) is 2.87. The summed E-state index contributed by atoms with van der Waals surface area (Å²) in [5.74, 6) is -0.0265. The minimum atomic E-state index is -0.106. The van der Waals surface area contributed by atoms with E-state index in [0.717, 1.165) is 11.1 Å². The molecule has 0 aliphatic rings. The molecule has 0 spiro atoms. The number of hydrogen-bond acceptors (Lipinski definition) is 2. The zero-order valence-corrected chi connectivity index (χ0v) is 8.66. The molecule has 0 saturated carbocycles. The first-order chi connectivity index (χ1) is 6.54. The maximum atomic E-state index is 11.1. The molecule has 0 aliphatic heterocycles. The van der Waals surface area contributed by atoms with Crippen molar-refractivity contribution in [3.8, 4) is 0 Å². The summed E-state index contributed by atoms with van der Waals surface area (Å²) in [4.78, 5) is 11.1. The minimum absolute atomic E-state index is 0.0793. The summed E-state index contributed by atoms with van der Waals surface area (Å²) in [6, 6.07) is 7.44. The van der Waals surface area contributed by atoms with Crippen LogP contribution in [0.4, 0.5) is 0 Å². The van der Waals surface area contributed by atoms with E-state index in [1.807, 2.05) is 25.1 Å². The van der Waals surface area contributed by atoms with Gasteiger partial charge in [-0.05, 0) is 26.3 Å². The number of benzene rings is 1. The minimum Gasteiger partial charge on any atom is -0.507 e. The van der Waals surface area contributed by atoms with E-state index in [1.165, 1.54) is 6.92 Å². The van der Waals surface area contributed by atoms with Gasteiger partial charge in [0.25, 0.3) is 0 Å². The lowest BCUT2D eigenvalue weighted by molar-refractivity contribution is -0.113. The zero-order valence-electron chi connectivity index (χ0n) is 8.66. The van der Waals surface area contributed by atoms with Gasteiger partial charge in [0.1, 0.15) is 5.76 Å². The Labute approximate surface area is 83.9 Å². The Kier molecular flexibility index (Phi) is 3.07. The fraction of sp³-hybridized carbons (Fsp3) is 0.250. The fourth-order valence-corrected chi connectivity index (χ4v) is 1.21. The zero-order chi connectivity index (χ0) is 10.7. The molecule has 1 aromatic rings. The molecular weight excluding hydrogens is 176 g/mol. The number of aryl methyl sites for hydroxylation is 1. The quantitative estimate of drug-likeness (QED) is 0.575. The molecule has 2 heteroatoms. The van der Waals surface area contributed by atoms with E-state index in [0.29, 0.717) is 5.57 Å². The van der Waals surface area contributed by atoms with E-state index in [2.05, 4.69) is 0 Å². The molecule has 0 unspecified atom stereocenters. The van der Waals surface area contributed by atoms with Gasteiger partial charge in [0.05, 0.1) is 0 Å². The highest BCUT2D eigenvalue weighted by Crippen LogP contribution is 2.19. The van der Waals surface area contributed by atoms with Crippen molar-refractivity contribution in [2.45, 2.75) is 20.8 Å². The van der Waals surface area contributed by atoms with Crippen molar-refractivity contribution < 1.29 is 9.90 Å². The Morgan fingerprint density at radius 1 is 1.21 bits per heavy atom. The lowest BCUT2D eigenvalue weighted by Gasteiger charge is -2.06. The van der Waals surface area contributed by atoms with Gasteiger partial charge in [-0.3, -0.25) is 4.79 Å². The maximum Gasteiger partial charge on any atom is 0.159 e. The molecular formula is C12H14O2. The number of allylic oxidation sites excluding steroid dienone is 1. The summed E-state index contributed by atoms with van der Waals surface area (Å²) in [7, 11) is 0. The monoisotopic (exact) mass is 190 g/mol. The first-order valence-electron chi connectivity index (χ1n) is 4.51. The average molecular weight is 190 g/mol. The van der Waals surface area contributed by atoms with Crippen LogP contribution in [-0.2, 0) is 4.79 Å². The van der Waals surface area contributed by atoms with Gasteiger partial charge in [-0.25, -0.2) is 0 Å². The van der Waals surface area contributed by atoms with Crippen molar-refractivity contribution in [1.82, 2.24) is 0 Å². The largest absolute Gasteiger partial charge is 0.507 e. The number of hydrogen-bond donors (Lipinski definition) is 1. The van der Waals surface area contributed by atoms with Crippen LogP contribution in [0.15, 0.2) is 29.8 Å². The molecule has 0 fully saturated rings. The van der Waals surface area contributed by atoms with Gasteiger partial charge in [0.15, 0.2) is 5.78 Å². The van der Waals surface area contributed by atoms with E-state index in [-0.39, 0.29) is 11.5 Å². The summed E-state index contributed by atoms with van der Waals surface area (Å²) >= 11 is 0. The molecule has 0 bridgehead atoms. The van der Waals surface area contributed by atoms with E-state index < -0.39 is 0 Å². The second kappa shape index (κ2) is 4.09. The summed E-state index contributed by atoms with van der Waals surface area (Å²) in [6.45, 7) is 4.98. The van der Waals surface area contributed by atoms with Crippen molar-refractivity contribution in [3.63, 3.8) is 0 Å². The van der Waals surface area contributed by atoms with Gasteiger partial charge in [-0.15, -0.1) is 0 Å². The van der Waals surface area contributed by atoms with E-state index >= 15 is 0 Å². The highest BCUT2D eigenvalue weighted by Gasteiger charge is 2.09. The molecule has 1 aromatic carbocycles. The topological polar surface area (TPSA) is 37.3 Å². The van der Waals surface area contributed by atoms with Gasteiger partial charge >= 0.3 is 0 Å². The van der Waals surface area contributed by atoms with Crippen LogP contribution in [0, 0.1) is 6.92 Å². The number of ketones is 1. The fourth-order valence-electron chi connectivity index (χ4n) is 1.21. The van der Waals surface area contributed by atoms with Crippen molar-refractivity contribution in [2.75, 3.05) is 0 Å². The van der Waals surface area contributed by atoms with Crippen molar-refractivity contribution >= 4 is 11.5 Å². The van der Waals surface area contributed by atoms with Crippen LogP contribution >= 0.6 is 0 Å². The van der Waals surface area contributed by atoms with Crippen molar-refractivity contribution in [3.05, 3.63) is 41.0 Å². The van der Waals surface area contributed by atoms with Crippen LogP contribution in [-0.4, -0.2) is 10.9 Å². The molecule has 0 heterocycles. The first kappa shape index (κ1) is 10.5. The number of aliphatic hydroxyl groups excluding tert-OH is 1. The van der Waals surface area contributed by atoms with Crippen molar-refractivity contribution in [2.24, 2.45) is 0 Å². The molecule has 0 amide bonds. The average Bonchev–Trinajstić information content (AvgIpc) is 2.16. The highest BCUT2D eigenvalue weighted by atomic mass is 16.3. The molecule has 0 atom stereocenters. The lowest BCUT2D eigenvalue weighted by atomic mass is 10.0. The van der Waals surface area contributed by atoms with Crippen LogP contribution in [0.5, 0.6) is 0 Å². The number of Topliss-reactive ketones (excluding diaryl/α,β-unsaturated/α-hetero) is 1. The van der Waals surface area contributed by atoms with E-state index in [1.54, 1.807) is 13.0 Å². The normalized spacial score (nSPS) is 12.2. The Morgan fingerprint density at radius 3 is 2.29 bits per heavy atom. The van der Waals surface area contributed by atoms with E-state index in [4.69, 9.17) is 0 Å².